The molecule has 4 heteroatoms. The van der Waals surface area contributed by atoms with Crippen LogP contribution >= 0.6 is 23.2 Å². The van der Waals surface area contributed by atoms with Crippen molar-refractivity contribution in [3.63, 3.8) is 0 Å². The van der Waals surface area contributed by atoms with Crippen LogP contribution in [0.3, 0.4) is 0 Å². The van der Waals surface area contributed by atoms with Crippen molar-refractivity contribution in [3.05, 3.63) is 33.8 Å². The Morgan fingerprint density at radius 1 is 1.18 bits per heavy atom. The van der Waals surface area contributed by atoms with E-state index in [1.807, 2.05) is 12.1 Å². The Bertz CT molecular complexity index is 419. The van der Waals surface area contributed by atoms with E-state index in [2.05, 4.69) is 5.32 Å². The van der Waals surface area contributed by atoms with Crippen LogP contribution < -0.4 is 5.32 Å². The van der Waals surface area contributed by atoms with E-state index < -0.39 is 5.41 Å². The van der Waals surface area contributed by atoms with Crippen molar-refractivity contribution in [1.29, 1.82) is 0 Å². The molecular formula is C13H15Cl2NO. The second-order valence-corrected chi connectivity index (χ2v) is 5.40. The van der Waals surface area contributed by atoms with Crippen LogP contribution in [-0.4, -0.2) is 13.0 Å². The minimum atomic E-state index is -0.441. The fourth-order valence-electron chi connectivity index (χ4n) is 2.69. The van der Waals surface area contributed by atoms with Gasteiger partial charge >= 0.3 is 0 Å². The van der Waals surface area contributed by atoms with E-state index in [1.54, 1.807) is 13.1 Å². The molecule has 0 atom stereocenters. The van der Waals surface area contributed by atoms with Crippen LogP contribution in [0.1, 0.15) is 31.2 Å². The Hall–Kier alpha value is -0.730. The normalized spacial score (nSPS) is 18.1. The van der Waals surface area contributed by atoms with Gasteiger partial charge in [-0.25, -0.2) is 0 Å². The van der Waals surface area contributed by atoms with E-state index in [4.69, 9.17) is 23.2 Å². The summed E-state index contributed by atoms with van der Waals surface area (Å²) in [4.78, 5) is 12.2. The molecule has 1 aliphatic carbocycles. The molecule has 0 radical (unpaired) electrons. The molecule has 1 N–H and O–H groups in total. The molecule has 1 fully saturated rings. The number of hydrogen-bond donors (Lipinski definition) is 1. The van der Waals surface area contributed by atoms with Gasteiger partial charge in [-0.1, -0.05) is 36.0 Å². The molecule has 0 aromatic heterocycles. The maximum atomic E-state index is 12.2. The zero-order chi connectivity index (χ0) is 12.5. The zero-order valence-corrected chi connectivity index (χ0v) is 11.2. The Morgan fingerprint density at radius 2 is 1.71 bits per heavy atom. The van der Waals surface area contributed by atoms with E-state index in [0.29, 0.717) is 10.0 Å². The Kier molecular flexibility index (Phi) is 3.64. The summed E-state index contributed by atoms with van der Waals surface area (Å²) in [7, 11) is 1.68. The number of rotatable bonds is 2. The van der Waals surface area contributed by atoms with Crippen LogP contribution in [0.2, 0.25) is 10.0 Å². The number of likely N-dealkylation sites (N-methyl/N-ethyl adjacent to an activating group) is 1. The summed E-state index contributed by atoms with van der Waals surface area (Å²) in [6.07, 6.45) is 3.86. The first-order valence-corrected chi connectivity index (χ1v) is 6.53. The fourth-order valence-corrected chi connectivity index (χ4v) is 3.22. The summed E-state index contributed by atoms with van der Waals surface area (Å²) in [6.45, 7) is 0. The zero-order valence-electron chi connectivity index (χ0n) is 9.72. The van der Waals surface area contributed by atoms with Gasteiger partial charge in [-0.2, -0.15) is 0 Å². The van der Waals surface area contributed by atoms with Gasteiger partial charge in [-0.15, -0.1) is 0 Å². The molecule has 0 spiro atoms. The molecule has 0 saturated heterocycles. The second-order valence-electron chi connectivity index (χ2n) is 4.53. The molecule has 1 aromatic carbocycles. The topological polar surface area (TPSA) is 29.1 Å². The minimum absolute atomic E-state index is 0.0633. The SMILES string of the molecule is CNC(=O)C1(c2cc(Cl)cc(Cl)c2)CCCC1. The van der Waals surface area contributed by atoms with E-state index in [1.165, 1.54) is 0 Å². The number of hydrogen-bond acceptors (Lipinski definition) is 1. The third-order valence-electron chi connectivity index (χ3n) is 3.53. The van der Waals surface area contributed by atoms with Gasteiger partial charge in [0.1, 0.15) is 0 Å². The summed E-state index contributed by atoms with van der Waals surface area (Å²) in [6, 6.07) is 5.40. The summed E-state index contributed by atoms with van der Waals surface area (Å²) in [5.41, 5.74) is 0.496. The second kappa shape index (κ2) is 4.87. The van der Waals surface area contributed by atoms with E-state index in [-0.39, 0.29) is 5.91 Å². The molecule has 2 nitrogen and oxygen atoms in total. The summed E-state index contributed by atoms with van der Waals surface area (Å²) >= 11 is 12.0. The highest BCUT2D eigenvalue weighted by atomic mass is 35.5. The van der Waals surface area contributed by atoms with Gasteiger partial charge in [0.05, 0.1) is 5.41 Å². The molecule has 1 aliphatic rings. The van der Waals surface area contributed by atoms with E-state index in [0.717, 1.165) is 31.2 Å². The molecule has 2 rings (SSSR count). The monoisotopic (exact) mass is 271 g/mol. The lowest BCUT2D eigenvalue weighted by atomic mass is 9.78. The molecular weight excluding hydrogens is 257 g/mol. The number of carbonyl (C=O) groups is 1. The number of amides is 1. The lowest BCUT2D eigenvalue weighted by Crippen LogP contribution is -2.40. The van der Waals surface area contributed by atoms with Crippen LogP contribution in [0.5, 0.6) is 0 Å². The average Bonchev–Trinajstić information content (AvgIpc) is 2.77. The maximum Gasteiger partial charge on any atom is 0.230 e. The molecule has 0 unspecified atom stereocenters. The van der Waals surface area contributed by atoms with Crippen molar-refractivity contribution in [2.24, 2.45) is 0 Å². The van der Waals surface area contributed by atoms with E-state index in [9.17, 15) is 4.79 Å². The largest absolute Gasteiger partial charge is 0.358 e. The third kappa shape index (κ3) is 2.29. The molecule has 92 valence electrons. The molecule has 0 bridgehead atoms. The third-order valence-corrected chi connectivity index (χ3v) is 3.97. The number of nitrogens with one attached hydrogen (secondary N) is 1. The van der Waals surface area contributed by atoms with Crippen molar-refractivity contribution in [2.75, 3.05) is 7.05 Å². The van der Waals surface area contributed by atoms with Crippen molar-refractivity contribution >= 4 is 29.1 Å². The van der Waals surface area contributed by atoms with Crippen molar-refractivity contribution in [2.45, 2.75) is 31.1 Å². The predicted octanol–water partition coefficient (Wildman–Crippen LogP) is 3.55. The van der Waals surface area contributed by atoms with Crippen LogP contribution in [0.25, 0.3) is 0 Å². The van der Waals surface area contributed by atoms with Crippen LogP contribution in [-0.2, 0) is 10.2 Å². The Balaban J connectivity index is 2.49. The first-order valence-electron chi connectivity index (χ1n) is 5.77. The smallest absolute Gasteiger partial charge is 0.230 e. The summed E-state index contributed by atoms with van der Waals surface area (Å²) in [5, 5.41) is 3.93. The Morgan fingerprint density at radius 3 is 2.18 bits per heavy atom. The van der Waals surface area contributed by atoms with Crippen molar-refractivity contribution in [3.8, 4) is 0 Å². The lowest BCUT2D eigenvalue weighted by Gasteiger charge is -2.27. The lowest BCUT2D eigenvalue weighted by molar-refractivity contribution is -0.126. The van der Waals surface area contributed by atoms with Crippen molar-refractivity contribution in [1.82, 2.24) is 5.32 Å². The van der Waals surface area contributed by atoms with Gasteiger partial charge in [-0.05, 0) is 36.6 Å². The highest BCUT2D eigenvalue weighted by Crippen LogP contribution is 2.42. The summed E-state index contributed by atoms with van der Waals surface area (Å²) in [5.74, 6) is 0.0633. The van der Waals surface area contributed by atoms with Crippen LogP contribution in [0, 0.1) is 0 Å². The fraction of sp³-hybridized carbons (Fsp3) is 0.462. The van der Waals surface area contributed by atoms with Crippen molar-refractivity contribution < 1.29 is 4.79 Å². The van der Waals surface area contributed by atoms with E-state index >= 15 is 0 Å². The number of carbonyl (C=O) groups excluding carboxylic acids is 1. The minimum Gasteiger partial charge on any atom is -0.358 e. The number of halogens is 2. The van der Waals surface area contributed by atoms with Gasteiger partial charge in [0.2, 0.25) is 5.91 Å². The van der Waals surface area contributed by atoms with Crippen LogP contribution in [0.15, 0.2) is 18.2 Å². The molecule has 1 amide bonds. The van der Waals surface area contributed by atoms with Gasteiger partial charge in [-0.3, -0.25) is 4.79 Å². The summed E-state index contributed by atoms with van der Waals surface area (Å²) < 4.78 is 0. The van der Waals surface area contributed by atoms with Gasteiger partial charge in [0.15, 0.2) is 0 Å². The molecule has 1 saturated carbocycles. The molecule has 1 aromatic rings. The predicted molar refractivity (Wildman–Crippen MR) is 70.7 cm³/mol. The molecule has 0 aliphatic heterocycles. The maximum absolute atomic E-state index is 12.2. The standard InChI is InChI=1S/C13H15Cl2NO/c1-16-12(17)13(4-2-3-5-13)9-6-10(14)8-11(15)7-9/h6-8H,2-5H2,1H3,(H,16,17). The average molecular weight is 272 g/mol. The number of benzene rings is 1. The van der Waals surface area contributed by atoms with Gasteiger partial charge in [0, 0.05) is 17.1 Å². The Labute approximate surface area is 111 Å². The van der Waals surface area contributed by atoms with Gasteiger partial charge < -0.3 is 5.32 Å². The van der Waals surface area contributed by atoms with Gasteiger partial charge in [0.25, 0.3) is 0 Å². The molecule has 0 heterocycles. The molecule has 17 heavy (non-hydrogen) atoms. The highest BCUT2D eigenvalue weighted by Gasteiger charge is 2.42. The first-order chi connectivity index (χ1) is 8.08. The first kappa shape index (κ1) is 12.7. The van der Waals surface area contributed by atoms with Crippen LogP contribution in [0.4, 0.5) is 0 Å². The highest BCUT2D eigenvalue weighted by molar-refractivity contribution is 6.34. The quantitative estimate of drug-likeness (QED) is 0.876.